The second kappa shape index (κ2) is 3.61. The molecule has 1 aliphatic carbocycles. The van der Waals surface area contributed by atoms with Crippen molar-refractivity contribution in [2.24, 2.45) is 10.7 Å². The van der Waals surface area contributed by atoms with Gasteiger partial charge in [-0.2, -0.15) is 0 Å². The van der Waals surface area contributed by atoms with Crippen molar-refractivity contribution < 1.29 is 9.50 Å². The summed E-state index contributed by atoms with van der Waals surface area (Å²) >= 11 is 0. The third-order valence-corrected chi connectivity index (χ3v) is 3.26. The Hall–Kier alpha value is -1.78. The Morgan fingerprint density at radius 1 is 1.35 bits per heavy atom. The van der Waals surface area contributed by atoms with Gasteiger partial charge in [0.2, 0.25) is 0 Å². The van der Waals surface area contributed by atoms with E-state index in [9.17, 15) is 9.50 Å². The van der Waals surface area contributed by atoms with Gasteiger partial charge in [0.1, 0.15) is 11.6 Å². The highest BCUT2D eigenvalue weighted by molar-refractivity contribution is 5.81. The molecule has 4 nitrogen and oxygen atoms in total. The van der Waals surface area contributed by atoms with Crippen LogP contribution in [0.4, 0.5) is 4.39 Å². The number of aliphatic imine (C=N–C) groups is 1. The van der Waals surface area contributed by atoms with Crippen LogP contribution < -0.4 is 5.73 Å². The first-order chi connectivity index (χ1) is 8.15. The predicted molar refractivity (Wildman–Crippen MR) is 62.2 cm³/mol. The Labute approximate surface area is 98.6 Å². The minimum Gasteiger partial charge on any atom is -0.508 e. The summed E-state index contributed by atoms with van der Waals surface area (Å²) < 4.78 is 13.3. The average molecular weight is 235 g/mol. The van der Waals surface area contributed by atoms with Gasteiger partial charge in [0.15, 0.2) is 5.96 Å². The molecule has 17 heavy (non-hydrogen) atoms. The molecule has 1 aromatic carbocycles. The van der Waals surface area contributed by atoms with E-state index in [2.05, 4.69) is 4.99 Å². The molecule has 3 rings (SSSR count). The molecule has 1 atom stereocenters. The first-order valence-electron chi connectivity index (χ1n) is 5.73. The molecule has 90 valence electrons. The number of nitrogens with two attached hydrogens (primary N) is 1. The van der Waals surface area contributed by atoms with E-state index in [0.717, 1.165) is 24.5 Å². The molecule has 2 aliphatic rings. The first-order valence-corrected chi connectivity index (χ1v) is 5.73. The molecule has 0 amide bonds. The number of guanidine groups is 1. The van der Waals surface area contributed by atoms with Crippen molar-refractivity contribution in [1.29, 1.82) is 0 Å². The lowest BCUT2D eigenvalue weighted by atomic mass is 10.1. The lowest BCUT2D eigenvalue weighted by Crippen LogP contribution is -2.37. The average Bonchev–Trinajstić information content (AvgIpc) is 3.01. The van der Waals surface area contributed by atoms with E-state index in [1.807, 2.05) is 4.90 Å². The van der Waals surface area contributed by atoms with Gasteiger partial charge in [-0.25, -0.2) is 4.39 Å². The van der Waals surface area contributed by atoms with E-state index < -0.39 is 5.82 Å². The van der Waals surface area contributed by atoms with E-state index in [4.69, 9.17) is 5.73 Å². The highest BCUT2D eigenvalue weighted by atomic mass is 19.1. The molecule has 3 N–H and O–H groups in total. The SMILES string of the molecule is NC1=NCC(c2cc(O)cc(F)c2)N1C1CC1. The van der Waals surface area contributed by atoms with Crippen LogP contribution in [0.1, 0.15) is 24.4 Å². The van der Waals surface area contributed by atoms with Crippen molar-refractivity contribution in [3.05, 3.63) is 29.6 Å². The third-order valence-electron chi connectivity index (χ3n) is 3.26. The van der Waals surface area contributed by atoms with Gasteiger partial charge in [-0.15, -0.1) is 0 Å². The van der Waals surface area contributed by atoms with Crippen LogP contribution >= 0.6 is 0 Å². The van der Waals surface area contributed by atoms with Crippen LogP contribution in [0.25, 0.3) is 0 Å². The summed E-state index contributed by atoms with van der Waals surface area (Å²) in [5.41, 5.74) is 6.58. The number of hydrogen-bond acceptors (Lipinski definition) is 4. The van der Waals surface area contributed by atoms with Crippen molar-refractivity contribution >= 4 is 5.96 Å². The zero-order chi connectivity index (χ0) is 12.0. The molecule has 0 aromatic heterocycles. The molecule has 1 aromatic rings. The fourth-order valence-corrected chi connectivity index (χ4v) is 2.36. The molecular formula is C12H14FN3O. The van der Waals surface area contributed by atoms with E-state index in [1.54, 1.807) is 6.07 Å². The maximum Gasteiger partial charge on any atom is 0.192 e. The van der Waals surface area contributed by atoms with Crippen molar-refractivity contribution in [3.63, 3.8) is 0 Å². The van der Waals surface area contributed by atoms with Gasteiger partial charge in [0.25, 0.3) is 0 Å². The minimum atomic E-state index is -0.429. The van der Waals surface area contributed by atoms with E-state index in [1.165, 1.54) is 6.07 Å². The highest BCUT2D eigenvalue weighted by Crippen LogP contribution is 2.37. The lowest BCUT2D eigenvalue weighted by Gasteiger charge is -2.26. The largest absolute Gasteiger partial charge is 0.508 e. The number of benzene rings is 1. The number of aromatic hydroxyl groups is 1. The van der Waals surface area contributed by atoms with E-state index in [0.29, 0.717) is 18.5 Å². The fourth-order valence-electron chi connectivity index (χ4n) is 2.36. The first kappa shape index (κ1) is 10.4. The quantitative estimate of drug-likeness (QED) is 0.813. The van der Waals surface area contributed by atoms with Gasteiger partial charge in [-0.05, 0) is 30.5 Å². The Balaban J connectivity index is 1.93. The molecule has 1 aliphatic heterocycles. The Morgan fingerprint density at radius 2 is 2.12 bits per heavy atom. The maximum atomic E-state index is 13.3. The number of rotatable bonds is 2. The normalized spacial score (nSPS) is 23.9. The van der Waals surface area contributed by atoms with Crippen LogP contribution in [0.5, 0.6) is 5.75 Å². The van der Waals surface area contributed by atoms with Crippen molar-refractivity contribution in [1.82, 2.24) is 4.90 Å². The smallest absolute Gasteiger partial charge is 0.192 e. The van der Waals surface area contributed by atoms with Crippen LogP contribution in [0.3, 0.4) is 0 Å². The minimum absolute atomic E-state index is 0.0379. The Kier molecular flexibility index (Phi) is 2.21. The van der Waals surface area contributed by atoms with Crippen molar-refractivity contribution in [2.45, 2.75) is 24.9 Å². The fraction of sp³-hybridized carbons (Fsp3) is 0.417. The van der Waals surface area contributed by atoms with Gasteiger partial charge in [-0.3, -0.25) is 4.99 Å². The van der Waals surface area contributed by atoms with E-state index >= 15 is 0 Å². The van der Waals surface area contributed by atoms with Crippen molar-refractivity contribution in [2.75, 3.05) is 6.54 Å². The zero-order valence-electron chi connectivity index (χ0n) is 9.31. The number of phenols is 1. The van der Waals surface area contributed by atoms with Gasteiger partial charge in [0.05, 0.1) is 12.6 Å². The number of phenolic OH excluding ortho intramolecular Hbond substituents is 1. The molecule has 0 saturated heterocycles. The van der Waals surface area contributed by atoms with Gasteiger partial charge in [-0.1, -0.05) is 0 Å². The summed E-state index contributed by atoms with van der Waals surface area (Å²) in [7, 11) is 0. The molecular weight excluding hydrogens is 221 g/mol. The molecule has 1 heterocycles. The van der Waals surface area contributed by atoms with Gasteiger partial charge in [0, 0.05) is 12.1 Å². The van der Waals surface area contributed by atoms with Gasteiger partial charge < -0.3 is 15.7 Å². The van der Waals surface area contributed by atoms with Crippen molar-refractivity contribution in [3.8, 4) is 5.75 Å². The van der Waals surface area contributed by atoms with Gasteiger partial charge >= 0.3 is 0 Å². The third kappa shape index (κ3) is 1.81. The molecule has 5 heteroatoms. The zero-order valence-corrected chi connectivity index (χ0v) is 9.31. The lowest BCUT2D eigenvalue weighted by molar-refractivity contribution is 0.335. The number of nitrogens with zero attached hydrogens (tertiary/aromatic N) is 2. The molecule has 0 spiro atoms. The monoisotopic (exact) mass is 235 g/mol. The summed E-state index contributed by atoms with van der Waals surface area (Å²) in [6.45, 7) is 0.533. The van der Waals surface area contributed by atoms with Crippen LogP contribution in [-0.4, -0.2) is 28.6 Å². The summed E-state index contributed by atoms with van der Waals surface area (Å²) in [6.07, 6.45) is 2.21. The predicted octanol–water partition coefficient (Wildman–Crippen LogP) is 1.37. The molecule has 1 fully saturated rings. The van der Waals surface area contributed by atoms with Crippen LogP contribution in [0.2, 0.25) is 0 Å². The van der Waals surface area contributed by atoms with Crippen LogP contribution in [0, 0.1) is 5.82 Å². The number of hydrogen-bond donors (Lipinski definition) is 2. The maximum absolute atomic E-state index is 13.3. The molecule has 1 saturated carbocycles. The summed E-state index contributed by atoms with van der Waals surface area (Å²) in [5, 5.41) is 9.43. The second-order valence-electron chi connectivity index (χ2n) is 4.60. The van der Waals surface area contributed by atoms with Crippen LogP contribution in [-0.2, 0) is 0 Å². The highest BCUT2D eigenvalue weighted by Gasteiger charge is 2.39. The summed E-state index contributed by atoms with van der Waals surface area (Å²) in [6, 6.07) is 4.51. The Bertz CT molecular complexity index is 464. The summed E-state index contributed by atoms with van der Waals surface area (Å²) in [5.74, 6) is 0.0451. The second-order valence-corrected chi connectivity index (χ2v) is 4.60. The standard InChI is InChI=1S/C12H14FN3O/c13-8-3-7(4-10(17)5-8)11-6-15-12(14)16(11)9-1-2-9/h3-5,9,11,17H,1-2,6H2,(H2,14,15). The topological polar surface area (TPSA) is 61.9 Å². The molecule has 1 unspecified atom stereocenters. The Morgan fingerprint density at radius 3 is 2.76 bits per heavy atom. The van der Waals surface area contributed by atoms with E-state index in [-0.39, 0.29) is 11.8 Å². The molecule has 0 radical (unpaired) electrons. The molecule has 0 bridgehead atoms. The van der Waals surface area contributed by atoms with Crippen LogP contribution in [0.15, 0.2) is 23.2 Å². The number of halogens is 1. The summed E-state index contributed by atoms with van der Waals surface area (Å²) in [4.78, 5) is 6.25.